The lowest BCUT2D eigenvalue weighted by atomic mass is 9.48. The zero-order valence-electron chi connectivity index (χ0n) is 21.3. The summed E-state index contributed by atoms with van der Waals surface area (Å²) in [6.07, 6.45) is 6.32. The van der Waals surface area contributed by atoms with Crippen molar-refractivity contribution in [2.45, 2.75) is 99.0 Å². The summed E-state index contributed by atoms with van der Waals surface area (Å²) in [5.74, 6) is 0.238. The Kier molecular flexibility index (Phi) is 7.75. The predicted octanol–water partition coefficient (Wildman–Crippen LogP) is 4.91. The molecule has 8 atom stereocenters. The van der Waals surface area contributed by atoms with Crippen LogP contribution in [0.25, 0.3) is 0 Å². The van der Waals surface area contributed by atoms with Gasteiger partial charge in [0.1, 0.15) is 17.7 Å². The molecular weight excluding hydrogens is 420 g/mol. The Morgan fingerprint density at radius 3 is 2.39 bits per heavy atom. The molecule has 0 radical (unpaired) electrons. The predicted molar refractivity (Wildman–Crippen MR) is 124 cm³/mol. The second-order valence-corrected chi connectivity index (χ2v) is 11.8. The van der Waals surface area contributed by atoms with E-state index in [1.54, 1.807) is 0 Å². The molecule has 3 saturated carbocycles. The van der Waals surface area contributed by atoms with Crippen molar-refractivity contribution < 1.29 is 28.7 Å². The molecule has 0 aromatic rings. The highest BCUT2D eigenvalue weighted by Gasteiger charge is 2.61. The molecule has 0 saturated heterocycles. The van der Waals surface area contributed by atoms with Gasteiger partial charge < -0.3 is 9.47 Å². The summed E-state index contributed by atoms with van der Waals surface area (Å²) in [5.41, 5.74) is -0.0406. The number of carbonyl (C=O) groups excluding carboxylic acids is 4. The molecular formula is C27H42O6. The maximum atomic E-state index is 13.2. The van der Waals surface area contributed by atoms with Crippen LogP contribution in [0.3, 0.4) is 0 Å². The summed E-state index contributed by atoms with van der Waals surface area (Å²) in [6, 6.07) is 0. The molecule has 186 valence electrons. The lowest BCUT2D eigenvalue weighted by molar-refractivity contribution is -0.155. The third kappa shape index (κ3) is 5.51. The zero-order valence-corrected chi connectivity index (χ0v) is 21.3. The molecule has 0 amide bonds. The van der Waals surface area contributed by atoms with Crippen LogP contribution in [-0.2, 0) is 28.7 Å². The van der Waals surface area contributed by atoms with E-state index in [1.807, 2.05) is 13.8 Å². The molecule has 33 heavy (non-hydrogen) atoms. The van der Waals surface area contributed by atoms with Crippen LogP contribution in [-0.4, -0.2) is 36.2 Å². The number of ether oxygens (including phenoxy) is 2. The van der Waals surface area contributed by atoms with E-state index in [9.17, 15) is 19.2 Å². The van der Waals surface area contributed by atoms with Gasteiger partial charge in [0.05, 0.1) is 6.61 Å². The second-order valence-electron chi connectivity index (χ2n) is 11.8. The van der Waals surface area contributed by atoms with Crippen molar-refractivity contribution in [3.05, 3.63) is 0 Å². The molecule has 0 heterocycles. The van der Waals surface area contributed by atoms with Gasteiger partial charge in [0.15, 0.2) is 0 Å². The second kappa shape index (κ2) is 9.87. The minimum absolute atomic E-state index is 0.00712. The van der Waals surface area contributed by atoms with E-state index in [0.29, 0.717) is 37.7 Å². The quantitative estimate of drug-likeness (QED) is 0.476. The first-order valence-electron chi connectivity index (χ1n) is 12.7. The fourth-order valence-corrected chi connectivity index (χ4v) is 7.41. The molecule has 3 fully saturated rings. The molecule has 0 N–H and O–H groups in total. The summed E-state index contributed by atoms with van der Waals surface area (Å²) >= 11 is 0. The molecule has 0 unspecified atom stereocenters. The first kappa shape index (κ1) is 25.9. The van der Waals surface area contributed by atoms with Crippen LogP contribution in [0.5, 0.6) is 0 Å². The third-order valence-corrected chi connectivity index (χ3v) is 9.16. The molecule has 0 bridgehead atoms. The number of hydrogen-bond acceptors (Lipinski definition) is 6. The highest BCUT2D eigenvalue weighted by atomic mass is 16.5. The van der Waals surface area contributed by atoms with E-state index in [2.05, 4.69) is 13.8 Å². The largest absolute Gasteiger partial charge is 0.466 e. The smallest absolute Gasteiger partial charge is 0.302 e. The fraction of sp³-hybridized carbons (Fsp3) is 0.852. The topological polar surface area (TPSA) is 86.7 Å². The fourth-order valence-electron chi connectivity index (χ4n) is 7.41. The molecule has 0 aliphatic heterocycles. The number of hydrogen-bond donors (Lipinski definition) is 0. The molecule has 6 heteroatoms. The SMILES string of the molecule is CC(=O)OC[C@H](C)CCC(=O)[C@H](C)[C@@H]1C(=O)C[C@H]2C[C@H]3C[C@@H](OC(C)=O)CC[C@@]3(C)C[C@@]21C. The zero-order chi connectivity index (χ0) is 24.6. The van der Waals surface area contributed by atoms with E-state index in [1.165, 1.54) is 13.8 Å². The lowest BCUT2D eigenvalue weighted by Crippen LogP contribution is -2.50. The molecule has 0 spiro atoms. The summed E-state index contributed by atoms with van der Waals surface area (Å²) in [5, 5.41) is 0. The van der Waals surface area contributed by atoms with Crippen LogP contribution in [0.2, 0.25) is 0 Å². The minimum atomic E-state index is -0.303. The van der Waals surface area contributed by atoms with Crippen molar-refractivity contribution in [3.63, 3.8) is 0 Å². The van der Waals surface area contributed by atoms with Gasteiger partial charge in [0, 0.05) is 38.5 Å². The van der Waals surface area contributed by atoms with Gasteiger partial charge in [-0.2, -0.15) is 0 Å². The maximum absolute atomic E-state index is 13.2. The van der Waals surface area contributed by atoms with E-state index >= 15 is 0 Å². The summed E-state index contributed by atoms with van der Waals surface area (Å²) < 4.78 is 10.6. The van der Waals surface area contributed by atoms with E-state index in [4.69, 9.17) is 9.47 Å². The van der Waals surface area contributed by atoms with Crippen LogP contribution in [0.15, 0.2) is 0 Å². The molecule has 0 aromatic carbocycles. The standard InChI is InChI=1S/C27H42O6/c1-16(14-32-18(3)28)7-8-23(30)17(2)25-24(31)13-21-11-20-12-22(33-19(4)29)9-10-26(20,5)15-27(21,25)6/h16-17,20-22,25H,7-15H2,1-6H3/t16-,17+,20+,21-,22+,25-,26+,27+/m1/s1. The number of ketones is 2. The van der Waals surface area contributed by atoms with Crippen LogP contribution in [0.4, 0.5) is 0 Å². The van der Waals surface area contributed by atoms with Crippen molar-refractivity contribution in [1.29, 1.82) is 0 Å². The first-order chi connectivity index (χ1) is 15.4. The molecule has 3 aliphatic rings. The Morgan fingerprint density at radius 1 is 1.06 bits per heavy atom. The summed E-state index contributed by atoms with van der Waals surface area (Å²) in [4.78, 5) is 48.9. The van der Waals surface area contributed by atoms with E-state index < -0.39 is 0 Å². The van der Waals surface area contributed by atoms with Crippen molar-refractivity contribution in [1.82, 2.24) is 0 Å². The van der Waals surface area contributed by atoms with Crippen molar-refractivity contribution in [3.8, 4) is 0 Å². The number of rotatable bonds is 8. The van der Waals surface area contributed by atoms with Gasteiger partial charge in [-0.1, -0.05) is 27.7 Å². The van der Waals surface area contributed by atoms with E-state index in [0.717, 1.165) is 32.1 Å². The Bertz CT molecular complexity index is 789. The number of carbonyl (C=O) groups is 4. The molecule has 3 rings (SSSR count). The highest BCUT2D eigenvalue weighted by Crippen LogP contribution is 2.65. The Morgan fingerprint density at radius 2 is 1.76 bits per heavy atom. The van der Waals surface area contributed by atoms with E-state index in [-0.39, 0.29) is 58.2 Å². The van der Waals surface area contributed by atoms with Gasteiger partial charge >= 0.3 is 11.9 Å². The van der Waals surface area contributed by atoms with Crippen LogP contribution >= 0.6 is 0 Å². The Hall–Kier alpha value is -1.72. The van der Waals surface area contributed by atoms with Gasteiger partial charge in [-0.25, -0.2) is 0 Å². The van der Waals surface area contributed by atoms with Gasteiger partial charge in [-0.3, -0.25) is 19.2 Å². The van der Waals surface area contributed by atoms with Gasteiger partial charge in [-0.05, 0) is 67.1 Å². The average molecular weight is 463 g/mol. The summed E-state index contributed by atoms with van der Waals surface area (Å²) in [7, 11) is 0. The molecule has 3 aliphatic carbocycles. The Labute approximate surface area is 198 Å². The number of Topliss-reactive ketones (excluding diaryl/α,β-unsaturated/α-hetero) is 2. The average Bonchev–Trinajstić information content (AvgIpc) is 2.96. The van der Waals surface area contributed by atoms with Crippen molar-refractivity contribution in [2.24, 2.45) is 40.4 Å². The Balaban J connectivity index is 1.67. The monoisotopic (exact) mass is 462 g/mol. The minimum Gasteiger partial charge on any atom is -0.466 e. The number of esters is 2. The number of fused-ring (bicyclic) bond motifs is 2. The van der Waals surface area contributed by atoms with Gasteiger partial charge in [-0.15, -0.1) is 0 Å². The normalized spacial score (nSPS) is 37.5. The van der Waals surface area contributed by atoms with Crippen LogP contribution in [0.1, 0.15) is 92.9 Å². The van der Waals surface area contributed by atoms with Crippen molar-refractivity contribution in [2.75, 3.05) is 6.61 Å². The third-order valence-electron chi connectivity index (χ3n) is 9.16. The highest BCUT2D eigenvalue weighted by molar-refractivity contribution is 5.92. The first-order valence-corrected chi connectivity index (χ1v) is 12.7. The van der Waals surface area contributed by atoms with Gasteiger partial charge in [0.2, 0.25) is 0 Å². The molecule has 6 nitrogen and oxygen atoms in total. The molecule has 0 aromatic heterocycles. The van der Waals surface area contributed by atoms with Crippen LogP contribution < -0.4 is 0 Å². The summed E-state index contributed by atoms with van der Waals surface area (Å²) in [6.45, 7) is 11.7. The van der Waals surface area contributed by atoms with Crippen molar-refractivity contribution >= 4 is 23.5 Å². The lowest BCUT2D eigenvalue weighted by Gasteiger charge is -2.56. The van der Waals surface area contributed by atoms with Crippen LogP contribution in [0, 0.1) is 40.4 Å². The maximum Gasteiger partial charge on any atom is 0.302 e. The van der Waals surface area contributed by atoms with Gasteiger partial charge in [0.25, 0.3) is 0 Å².